The largest absolute Gasteiger partial charge is 0.291 e. The molecule has 2 bridgehead atoms. The van der Waals surface area contributed by atoms with E-state index in [0.717, 1.165) is 17.2 Å². The van der Waals surface area contributed by atoms with Gasteiger partial charge in [0, 0.05) is 5.56 Å². The molecule has 0 spiro atoms. The molecule has 2 fully saturated rings. The van der Waals surface area contributed by atoms with Gasteiger partial charge < -0.3 is 0 Å². The maximum Gasteiger partial charge on any atom is 0.270 e. The predicted octanol–water partition coefficient (Wildman–Crippen LogP) is 4.05. The smallest absolute Gasteiger partial charge is 0.270 e. The second-order valence-electron chi connectivity index (χ2n) is 7.86. The molecule has 5 atom stereocenters. The average molecular weight is 372 g/mol. The van der Waals surface area contributed by atoms with Crippen LogP contribution in [0.3, 0.4) is 0 Å². The molecule has 0 aromatic heterocycles. The first-order valence-electron chi connectivity index (χ1n) is 9.27. The Kier molecular flexibility index (Phi) is 4.40. The molecule has 0 heterocycles. The maximum atomic E-state index is 12.7. The molecule has 138 valence electrons. The van der Waals surface area contributed by atoms with Gasteiger partial charge in [-0.3, -0.25) is 8.98 Å². The van der Waals surface area contributed by atoms with Crippen LogP contribution in [-0.2, 0) is 14.3 Å². The average Bonchev–Trinajstić information content (AvgIpc) is 3.20. The molecule has 2 aliphatic carbocycles. The van der Waals surface area contributed by atoms with Crippen LogP contribution in [0.25, 0.3) is 10.8 Å². The first kappa shape index (κ1) is 17.7. The number of hydrogen-bond donors (Lipinski definition) is 0. The number of fused-ring (bicyclic) bond motifs is 3. The van der Waals surface area contributed by atoms with E-state index < -0.39 is 22.0 Å². The van der Waals surface area contributed by atoms with Crippen molar-refractivity contribution in [1.29, 1.82) is 0 Å². The Labute approximate surface area is 154 Å². The monoisotopic (exact) mass is 372 g/mol. The number of carbonyl (C=O) groups excluding carboxylic acids is 1. The number of rotatable bonds is 5. The fourth-order valence-corrected chi connectivity index (χ4v) is 6.69. The van der Waals surface area contributed by atoms with Gasteiger partial charge in [-0.15, -0.1) is 0 Å². The topological polar surface area (TPSA) is 60.4 Å². The molecule has 5 heteroatoms. The molecule has 4 rings (SSSR count). The van der Waals surface area contributed by atoms with Gasteiger partial charge in [-0.2, -0.15) is 8.42 Å². The first-order chi connectivity index (χ1) is 12.4. The molecule has 4 nitrogen and oxygen atoms in total. The summed E-state index contributed by atoms with van der Waals surface area (Å²) in [5.41, 5.74) is 0.508. The maximum absolute atomic E-state index is 12.7. The van der Waals surface area contributed by atoms with Crippen LogP contribution in [-0.4, -0.2) is 26.1 Å². The summed E-state index contributed by atoms with van der Waals surface area (Å²) < 4.78 is 30.6. The van der Waals surface area contributed by atoms with E-state index in [1.165, 1.54) is 0 Å². The van der Waals surface area contributed by atoms with Gasteiger partial charge in [-0.1, -0.05) is 56.3 Å². The highest BCUT2D eigenvalue weighted by molar-refractivity contribution is 7.87. The Hall–Kier alpha value is -1.72. The summed E-state index contributed by atoms with van der Waals surface area (Å²) in [6, 6.07) is 13.0. The number of carbonyl (C=O) groups is 1. The second kappa shape index (κ2) is 6.46. The molecule has 5 unspecified atom stereocenters. The van der Waals surface area contributed by atoms with Gasteiger partial charge in [-0.05, 0) is 47.3 Å². The van der Waals surface area contributed by atoms with Crippen molar-refractivity contribution in [3.8, 4) is 0 Å². The number of ketones is 1. The summed E-state index contributed by atoms with van der Waals surface area (Å²) in [6.07, 6.45) is 1.63. The molecule has 2 aromatic rings. The standard InChI is InChI=1S/C21H24O4S/c1-13-14(2)19-10-16(13)11-21(19)26(23,24)25-12-20(22)18-9-5-7-15-6-3-4-8-17(15)18/h3-9,13-14,16,19,21H,10-12H2,1-2H3. The number of hydrogen-bond acceptors (Lipinski definition) is 4. The van der Waals surface area contributed by atoms with E-state index in [2.05, 4.69) is 13.8 Å². The van der Waals surface area contributed by atoms with Crippen LogP contribution < -0.4 is 0 Å². The van der Waals surface area contributed by atoms with E-state index in [0.29, 0.717) is 29.7 Å². The normalized spacial score (nSPS) is 30.8. The van der Waals surface area contributed by atoms with Crippen LogP contribution in [0.1, 0.15) is 37.0 Å². The summed E-state index contributed by atoms with van der Waals surface area (Å²) in [5, 5.41) is 1.32. The molecule has 2 aliphatic rings. The summed E-state index contributed by atoms with van der Waals surface area (Å²) in [4.78, 5) is 12.6. The van der Waals surface area contributed by atoms with E-state index in [-0.39, 0.29) is 11.7 Å². The third-order valence-corrected chi connectivity index (χ3v) is 8.38. The van der Waals surface area contributed by atoms with Crippen LogP contribution in [0.15, 0.2) is 42.5 Å². The molecule has 0 saturated heterocycles. The lowest BCUT2D eigenvalue weighted by molar-refractivity contribution is 0.0923. The lowest BCUT2D eigenvalue weighted by atomic mass is 9.81. The number of benzene rings is 2. The van der Waals surface area contributed by atoms with E-state index in [4.69, 9.17) is 4.18 Å². The van der Waals surface area contributed by atoms with E-state index in [1.54, 1.807) is 6.07 Å². The highest BCUT2D eigenvalue weighted by Crippen LogP contribution is 2.54. The molecule has 0 amide bonds. The first-order valence-corrected chi connectivity index (χ1v) is 10.7. The van der Waals surface area contributed by atoms with Gasteiger partial charge in [0.15, 0.2) is 5.78 Å². The van der Waals surface area contributed by atoms with E-state index >= 15 is 0 Å². The molecular formula is C21H24O4S. The molecule has 0 N–H and O–H groups in total. The molecule has 0 radical (unpaired) electrons. The van der Waals surface area contributed by atoms with Gasteiger partial charge in [-0.25, -0.2) is 0 Å². The summed E-state index contributed by atoms with van der Waals surface area (Å²) >= 11 is 0. The van der Waals surface area contributed by atoms with Gasteiger partial charge in [0.25, 0.3) is 10.1 Å². The van der Waals surface area contributed by atoms with E-state index in [1.807, 2.05) is 36.4 Å². The van der Waals surface area contributed by atoms with Crippen molar-refractivity contribution in [3.05, 3.63) is 48.0 Å². The molecule has 26 heavy (non-hydrogen) atoms. The van der Waals surface area contributed by atoms with Crippen LogP contribution in [0.5, 0.6) is 0 Å². The third-order valence-electron chi connectivity index (χ3n) is 6.65. The van der Waals surface area contributed by atoms with Crippen molar-refractivity contribution in [2.75, 3.05) is 6.61 Å². The van der Waals surface area contributed by atoms with Crippen molar-refractivity contribution >= 4 is 26.7 Å². The van der Waals surface area contributed by atoms with Crippen molar-refractivity contribution < 1.29 is 17.4 Å². The number of Topliss-reactive ketones (excluding diaryl/α,β-unsaturated/α-hetero) is 1. The molecule has 0 aliphatic heterocycles. The second-order valence-corrected chi connectivity index (χ2v) is 9.68. The van der Waals surface area contributed by atoms with E-state index in [9.17, 15) is 13.2 Å². The van der Waals surface area contributed by atoms with Crippen LogP contribution in [0.2, 0.25) is 0 Å². The van der Waals surface area contributed by atoms with Gasteiger partial charge in [0.05, 0.1) is 5.25 Å². The van der Waals surface area contributed by atoms with Crippen molar-refractivity contribution in [3.63, 3.8) is 0 Å². The Balaban J connectivity index is 1.49. The lowest BCUT2D eigenvalue weighted by Crippen LogP contribution is -2.36. The Bertz CT molecular complexity index is 942. The van der Waals surface area contributed by atoms with Crippen molar-refractivity contribution in [1.82, 2.24) is 0 Å². The lowest BCUT2D eigenvalue weighted by Gasteiger charge is -2.30. The van der Waals surface area contributed by atoms with Crippen molar-refractivity contribution in [2.45, 2.75) is 31.9 Å². The zero-order chi connectivity index (χ0) is 18.5. The van der Waals surface area contributed by atoms with Gasteiger partial charge in [0.2, 0.25) is 0 Å². The van der Waals surface area contributed by atoms with Crippen LogP contribution in [0.4, 0.5) is 0 Å². The summed E-state index contributed by atoms with van der Waals surface area (Å²) in [6.45, 7) is 3.93. The highest BCUT2D eigenvalue weighted by Gasteiger charge is 2.53. The fourth-order valence-electron chi connectivity index (χ4n) is 4.97. The Morgan fingerprint density at radius 1 is 1.04 bits per heavy atom. The zero-order valence-electron chi connectivity index (χ0n) is 15.1. The minimum Gasteiger partial charge on any atom is -0.291 e. The van der Waals surface area contributed by atoms with Crippen molar-refractivity contribution in [2.24, 2.45) is 23.7 Å². The minimum absolute atomic E-state index is 0.160. The third kappa shape index (κ3) is 2.87. The van der Waals surface area contributed by atoms with Gasteiger partial charge >= 0.3 is 0 Å². The van der Waals surface area contributed by atoms with Crippen LogP contribution in [0, 0.1) is 23.7 Å². The summed E-state index contributed by atoms with van der Waals surface area (Å²) in [5.74, 6) is 1.30. The Morgan fingerprint density at radius 3 is 2.50 bits per heavy atom. The quantitative estimate of drug-likeness (QED) is 0.587. The molecule has 2 saturated carbocycles. The summed E-state index contributed by atoms with van der Waals surface area (Å²) in [7, 11) is -3.72. The molecular weight excluding hydrogens is 348 g/mol. The fraction of sp³-hybridized carbons (Fsp3) is 0.476. The van der Waals surface area contributed by atoms with Crippen LogP contribution >= 0.6 is 0 Å². The zero-order valence-corrected chi connectivity index (χ0v) is 15.9. The SMILES string of the molecule is CC1C2CC(C1C)C(S(=O)(=O)OCC(=O)c1cccc3ccccc13)C2. The Morgan fingerprint density at radius 2 is 1.77 bits per heavy atom. The predicted molar refractivity (Wildman–Crippen MR) is 101 cm³/mol. The minimum atomic E-state index is -3.72. The molecule has 2 aromatic carbocycles. The highest BCUT2D eigenvalue weighted by atomic mass is 32.2. The van der Waals surface area contributed by atoms with Gasteiger partial charge in [0.1, 0.15) is 6.61 Å².